The lowest BCUT2D eigenvalue weighted by molar-refractivity contribution is 0.305. The average Bonchev–Trinajstić information content (AvgIpc) is 3.09. The van der Waals surface area contributed by atoms with Gasteiger partial charge >= 0.3 is 5.63 Å². The van der Waals surface area contributed by atoms with Crippen molar-refractivity contribution in [3.8, 4) is 5.75 Å². The fraction of sp³-hybridized carbons (Fsp3) is 0.105. The van der Waals surface area contributed by atoms with Crippen LogP contribution in [0, 0.1) is 6.92 Å². The number of rotatable bonds is 5. The summed E-state index contributed by atoms with van der Waals surface area (Å²) >= 11 is 7.29. The maximum absolute atomic E-state index is 11.4. The van der Waals surface area contributed by atoms with Crippen molar-refractivity contribution >= 4 is 44.7 Å². The second-order valence-electron chi connectivity index (χ2n) is 5.83. The van der Waals surface area contributed by atoms with Crippen LogP contribution in [-0.4, -0.2) is 10.2 Å². The number of ether oxygens (including phenoxy) is 1. The lowest BCUT2D eigenvalue weighted by Gasteiger charge is -2.06. The monoisotopic (exact) mass is 399 g/mol. The minimum absolute atomic E-state index is 0.293. The van der Waals surface area contributed by atoms with E-state index in [1.165, 1.54) is 17.4 Å². The SMILES string of the molecule is Cc1cc(=O)oc2ccc(OCc3nnc(Nc4ccc(Cl)cc4)s3)cc12. The summed E-state index contributed by atoms with van der Waals surface area (Å²) in [4.78, 5) is 11.4. The first-order valence-corrected chi connectivity index (χ1v) is 9.28. The van der Waals surface area contributed by atoms with Gasteiger partial charge in [-0.05, 0) is 55.0 Å². The first-order valence-electron chi connectivity index (χ1n) is 8.09. The van der Waals surface area contributed by atoms with E-state index >= 15 is 0 Å². The molecule has 0 saturated carbocycles. The number of halogens is 1. The van der Waals surface area contributed by atoms with E-state index in [4.69, 9.17) is 20.8 Å². The molecule has 0 unspecified atom stereocenters. The first-order chi connectivity index (χ1) is 13.1. The molecule has 6 nitrogen and oxygen atoms in total. The van der Waals surface area contributed by atoms with Crippen LogP contribution in [0.4, 0.5) is 10.8 Å². The van der Waals surface area contributed by atoms with Gasteiger partial charge < -0.3 is 14.5 Å². The van der Waals surface area contributed by atoms with Gasteiger partial charge in [0.05, 0.1) is 0 Å². The molecule has 0 radical (unpaired) electrons. The van der Waals surface area contributed by atoms with Crippen LogP contribution in [0.5, 0.6) is 5.75 Å². The molecule has 1 N–H and O–H groups in total. The summed E-state index contributed by atoms with van der Waals surface area (Å²) in [6, 6.07) is 14.2. The molecule has 0 aliphatic heterocycles. The quantitative estimate of drug-likeness (QED) is 0.479. The molecule has 4 aromatic rings. The summed E-state index contributed by atoms with van der Waals surface area (Å²) in [5.74, 6) is 0.668. The van der Waals surface area contributed by atoms with Crippen molar-refractivity contribution in [2.75, 3.05) is 5.32 Å². The third-order valence-electron chi connectivity index (χ3n) is 3.85. The molecule has 2 aromatic carbocycles. The fourth-order valence-electron chi connectivity index (χ4n) is 2.55. The van der Waals surface area contributed by atoms with Crippen molar-refractivity contribution in [3.63, 3.8) is 0 Å². The Labute approximate surface area is 163 Å². The van der Waals surface area contributed by atoms with Gasteiger partial charge in [-0.3, -0.25) is 0 Å². The van der Waals surface area contributed by atoms with E-state index in [1.807, 2.05) is 25.1 Å². The molecule has 8 heteroatoms. The third kappa shape index (κ3) is 4.10. The van der Waals surface area contributed by atoms with Gasteiger partial charge in [-0.15, -0.1) is 10.2 Å². The van der Waals surface area contributed by atoms with Crippen LogP contribution < -0.4 is 15.7 Å². The molecule has 136 valence electrons. The lowest BCUT2D eigenvalue weighted by atomic mass is 10.1. The number of nitrogens with zero attached hydrogens (tertiary/aromatic N) is 2. The zero-order valence-corrected chi connectivity index (χ0v) is 15.8. The molecule has 0 spiro atoms. The molecule has 0 amide bonds. The van der Waals surface area contributed by atoms with Gasteiger partial charge in [0.25, 0.3) is 0 Å². The molecule has 0 bridgehead atoms. The smallest absolute Gasteiger partial charge is 0.336 e. The van der Waals surface area contributed by atoms with Crippen LogP contribution in [0.15, 0.2) is 57.7 Å². The minimum atomic E-state index is -0.358. The van der Waals surface area contributed by atoms with E-state index in [0.717, 1.165) is 21.6 Å². The predicted octanol–water partition coefficient (Wildman–Crippen LogP) is 4.93. The Kier molecular flexibility index (Phi) is 4.79. The minimum Gasteiger partial charge on any atom is -0.486 e. The van der Waals surface area contributed by atoms with Gasteiger partial charge in [-0.25, -0.2) is 4.79 Å². The number of hydrogen-bond donors (Lipinski definition) is 1. The number of aromatic nitrogens is 2. The Morgan fingerprint density at radius 3 is 2.78 bits per heavy atom. The Bertz CT molecular complexity index is 1160. The van der Waals surface area contributed by atoms with Crippen LogP contribution in [0.1, 0.15) is 10.6 Å². The van der Waals surface area contributed by atoms with Gasteiger partial charge in [-0.1, -0.05) is 22.9 Å². The second-order valence-corrected chi connectivity index (χ2v) is 7.33. The summed E-state index contributed by atoms with van der Waals surface area (Å²) in [5, 5.41) is 14.4. The van der Waals surface area contributed by atoms with E-state index in [-0.39, 0.29) is 5.63 Å². The van der Waals surface area contributed by atoms with E-state index < -0.39 is 0 Å². The summed E-state index contributed by atoms with van der Waals surface area (Å²) in [5.41, 5.74) is 1.91. The van der Waals surface area contributed by atoms with Crippen LogP contribution in [0.25, 0.3) is 11.0 Å². The fourth-order valence-corrected chi connectivity index (χ4v) is 3.35. The summed E-state index contributed by atoms with van der Waals surface area (Å²) in [6.45, 7) is 2.16. The molecule has 0 atom stereocenters. The van der Waals surface area contributed by atoms with Gasteiger partial charge in [0.2, 0.25) is 5.13 Å². The van der Waals surface area contributed by atoms with Crippen molar-refractivity contribution in [1.82, 2.24) is 10.2 Å². The van der Waals surface area contributed by atoms with Gasteiger partial charge in [0.1, 0.15) is 17.9 Å². The molecule has 2 aromatic heterocycles. The molecular weight excluding hydrogens is 386 g/mol. The van der Waals surface area contributed by atoms with E-state index in [2.05, 4.69) is 15.5 Å². The van der Waals surface area contributed by atoms with Crippen molar-refractivity contribution in [1.29, 1.82) is 0 Å². The van der Waals surface area contributed by atoms with Crippen LogP contribution in [0.2, 0.25) is 5.02 Å². The number of fused-ring (bicyclic) bond motifs is 1. The number of nitrogens with one attached hydrogen (secondary N) is 1. The van der Waals surface area contributed by atoms with Crippen molar-refractivity contribution in [3.05, 3.63) is 74.5 Å². The Hall–Kier alpha value is -2.90. The highest BCUT2D eigenvalue weighted by molar-refractivity contribution is 7.15. The molecule has 0 aliphatic rings. The molecule has 27 heavy (non-hydrogen) atoms. The number of anilines is 2. The number of hydrogen-bond acceptors (Lipinski definition) is 7. The number of aryl methyl sites for hydroxylation is 1. The van der Waals surface area contributed by atoms with Gasteiger partial charge in [-0.2, -0.15) is 0 Å². The standard InChI is InChI=1S/C19H14ClN3O3S/c1-11-8-18(24)26-16-7-6-14(9-15(11)16)25-10-17-22-23-19(27-17)21-13-4-2-12(20)3-5-13/h2-9H,10H2,1H3,(H,21,23). The normalized spacial score (nSPS) is 10.9. The zero-order valence-electron chi connectivity index (χ0n) is 14.2. The molecule has 2 heterocycles. The highest BCUT2D eigenvalue weighted by Gasteiger charge is 2.08. The highest BCUT2D eigenvalue weighted by Crippen LogP contribution is 2.25. The average molecular weight is 400 g/mol. The molecule has 0 fully saturated rings. The summed E-state index contributed by atoms with van der Waals surface area (Å²) < 4.78 is 11.0. The molecular formula is C19H14ClN3O3S. The Morgan fingerprint density at radius 2 is 1.96 bits per heavy atom. The highest BCUT2D eigenvalue weighted by atomic mass is 35.5. The lowest BCUT2D eigenvalue weighted by Crippen LogP contribution is -1.99. The van der Waals surface area contributed by atoms with Gasteiger partial charge in [0, 0.05) is 22.2 Å². The van der Waals surface area contributed by atoms with Crippen LogP contribution in [-0.2, 0) is 6.61 Å². The molecule has 0 saturated heterocycles. The van der Waals surface area contributed by atoms with E-state index in [9.17, 15) is 4.79 Å². The maximum Gasteiger partial charge on any atom is 0.336 e. The largest absolute Gasteiger partial charge is 0.486 e. The maximum atomic E-state index is 11.4. The van der Waals surface area contributed by atoms with Crippen LogP contribution >= 0.6 is 22.9 Å². The number of benzene rings is 2. The summed E-state index contributed by atoms with van der Waals surface area (Å²) in [6.07, 6.45) is 0. The van der Waals surface area contributed by atoms with E-state index in [0.29, 0.717) is 28.1 Å². The predicted molar refractivity (Wildman–Crippen MR) is 106 cm³/mol. The van der Waals surface area contributed by atoms with Gasteiger partial charge in [0.15, 0.2) is 5.01 Å². The third-order valence-corrected chi connectivity index (χ3v) is 4.91. The van der Waals surface area contributed by atoms with Crippen molar-refractivity contribution in [2.45, 2.75) is 13.5 Å². The Morgan fingerprint density at radius 1 is 1.15 bits per heavy atom. The molecule has 4 rings (SSSR count). The van der Waals surface area contributed by atoms with Crippen LogP contribution in [0.3, 0.4) is 0 Å². The summed E-state index contributed by atoms with van der Waals surface area (Å²) in [7, 11) is 0. The Balaban J connectivity index is 1.44. The van der Waals surface area contributed by atoms with Crippen molar-refractivity contribution in [2.24, 2.45) is 0 Å². The van der Waals surface area contributed by atoms with Crippen molar-refractivity contribution < 1.29 is 9.15 Å². The molecule has 0 aliphatic carbocycles. The van der Waals surface area contributed by atoms with E-state index in [1.54, 1.807) is 24.3 Å². The second kappa shape index (κ2) is 7.38. The first kappa shape index (κ1) is 17.5. The zero-order chi connectivity index (χ0) is 18.8. The topological polar surface area (TPSA) is 77.2 Å².